The Hall–Kier alpha value is -2.77. The van der Waals surface area contributed by atoms with E-state index >= 15 is 0 Å². The van der Waals surface area contributed by atoms with Gasteiger partial charge < -0.3 is 20.0 Å². The molecule has 0 fully saturated rings. The highest BCUT2D eigenvalue weighted by atomic mass is 35.5. The Morgan fingerprint density at radius 2 is 1.77 bits per heavy atom. The van der Waals surface area contributed by atoms with E-state index in [9.17, 15) is 14.4 Å². The quantitative estimate of drug-likeness (QED) is 0.591. The van der Waals surface area contributed by atoms with Crippen molar-refractivity contribution in [1.29, 1.82) is 0 Å². The molecule has 134 valence electrons. The summed E-state index contributed by atoms with van der Waals surface area (Å²) in [5.41, 5.74) is 1.47. The number of carbonyl (C=O) groups excluding carboxylic acids is 2. The first-order chi connectivity index (χ1) is 12.3. The van der Waals surface area contributed by atoms with Crippen LogP contribution in [0.4, 0.5) is 5.69 Å². The molecule has 3 aromatic rings. The lowest BCUT2D eigenvalue weighted by atomic mass is 10.2. The Bertz CT molecular complexity index is 1060. The van der Waals surface area contributed by atoms with Crippen LogP contribution in [0.2, 0.25) is 10.0 Å². The minimum absolute atomic E-state index is 0.186. The molecule has 0 spiro atoms. The molecule has 0 radical (unpaired) electrons. The molecule has 1 amide bonds. The largest absolute Gasteiger partial charge is 0.449 e. The predicted molar refractivity (Wildman–Crippen MR) is 98.9 cm³/mol. The minimum atomic E-state index is -1.04. The highest BCUT2D eigenvalue weighted by Crippen LogP contribution is 2.23. The van der Waals surface area contributed by atoms with Crippen LogP contribution >= 0.6 is 23.2 Å². The summed E-state index contributed by atoms with van der Waals surface area (Å²) in [5, 5.41) is 3.15. The molecule has 0 saturated carbocycles. The van der Waals surface area contributed by atoms with E-state index in [4.69, 9.17) is 27.9 Å². The Balaban J connectivity index is 1.67. The smallest absolute Gasteiger partial charge is 0.338 e. The van der Waals surface area contributed by atoms with Crippen LogP contribution in [-0.2, 0) is 9.53 Å². The first-order valence-electron chi connectivity index (χ1n) is 7.52. The van der Waals surface area contributed by atoms with Gasteiger partial charge in [-0.1, -0.05) is 23.2 Å². The zero-order valence-corrected chi connectivity index (χ0v) is 14.9. The molecule has 1 atom stereocenters. The van der Waals surface area contributed by atoms with Gasteiger partial charge in [-0.15, -0.1) is 0 Å². The van der Waals surface area contributed by atoms with Crippen LogP contribution in [-0.4, -0.2) is 27.9 Å². The van der Waals surface area contributed by atoms with Gasteiger partial charge in [-0.3, -0.25) is 4.79 Å². The van der Waals surface area contributed by atoms with Crippen molar-refractivity contribution in [2.45, 2.75) is 13.0 Å². The number of halogens is 2. The molecule has 9 heteroatoms. The summed E-state index contributed by atoms with van der Waals surface area (Å²) in [7, 11) is 0. The van der Waals surface area contributed by atoms with Crippen LogP contribution in [0, 0.1) is 0 Å². The highest BCUT2D eigenvalue weighted by Gasteiger charge is 2.20. The van der Waals surface area contributed by atoms with Gasteiger partial charge in [0.05, 0.1) is 26.6 Å². The molecular formula is C17H13Cl2N3O4. The van der Waals surface area contributed by atoms with E-state index in [1.54, 1.807) is 18.2 Å². The summed E-state index contributed by atoms with van der Waals surface area (Å²) in [6, 6.07) is 9.16. The van der Waals surface area contributed by atoms with Crippen molar-refractivity contribution in [3.05, 3.63) is 62.5 Å². The van der Waals surface area contributed by atoms with Crippen molar-refractivity contribution >= 4 is 51.8 Å². The number of amides is 1. The summed E-state index contributed by atoms with van der Waals surface area (Å²) >= 11 is 11.7. The molecule has 0 aliphatic carbocycles. The zero-order chi connectivity index (χ0) is 18.8. The number of nitrogens with one attached hydrogen (secondary N) is 3. The molecule has 2 aromatic carbocycles. The molecule has 3 rings (SSSR count). The second-order valence-corrected chi connectivity index (χ2v) is 6.32. The van der Waals surface area contributed by atoms with Gasteiger partial charge >= 0.3 is 11.7 Å². The predicted octanol–water partition coefficient (Wildman–Crippen LogP) is 3.35. The lowest BCUT2D eigenvalue weighted by molar-refractivity contribution is -0.123. The summed E-state index contributed by atoms with van der Waals surface area (Å²) in [4.78, 5) is 40.8. The van der Waals surface area contributed by atoms with Gasteiger partial charge in [-0.25, -0.2) is 9.59 Å². The molecule has 0 aliphatic heterocycles. The number of hydrogen-bond acceptors (Lipinski definition) is 4. The Morgan fingerprint density at radius 3 is 2.50 bits per heavy atom. The molecule has 7 nitrogen and oxygen atoms in total. The van der Waals surface area contributed by atoms with E-state index in [1.807, 2.05) is 0 Å². The van der Waals surface area contributed by atoms with Gasteiger partial charge in [-0.2, -0.15) is 0 Å². The van der Waals surface area contributed by atoms with Crippen molar-refractivity contribution in [3.8, 4) is 0 Å². The maximum absolute atomic E-state index is 12.2. The van der Waals surface area contributed by atoms with Crippen LogP contribution in [0.5, 0.6) is 0 Å². The molecule has 1 heterocycles. The third-order valence-electron chi connectivity index (χ3n) is 3.59. The molecular weight excluding hydrogens is 381 g/mol. The lowest BCUT2D eigenvalue weighted by Crippen LogP contribution is -2.30. The van der Waals surface area contributed by atoms with E-state index in [0.29, 0.717) is 21.7 Å². The average Bonchev–Trinajstić information content (AvgIpc) is 2.96. The fourth-order valence-corrected chi connectivity index (χ4v) is 2.56. The number of carbonyl (C=O) groups is 2. The maximum atomic E-state index is 12.2. The van der Waals surface area contributed by atoms with E-state index in [0.717, 1.165) is 0 Å². The number of esters is 1. The number of H-pyrrole nitrogens is 2. The van der Waals surface area contributed by atoms with Crippen LogP contribution in [0.25, 0.3) is 11.0 Å². The normalized spacial score (nSPS) is 12.0. The summed E-state index contributed by atoms with van der Waals surface area (Å²) < 4.78 is 5.14. The molecule has 0 saturated heterocycles. The minimum Gasteiger partial charge on any atom is -0.449 e. The van der Waals surface area contributed by atoms with E-state index in [1.165, 1.54) is 25.1 Å². The number of fused-ring (bicyclic) bond motifs is 1. The first-order valence-corrected chi connectivity index (χ1v) is 8.28. The van der Waals surface area contributed by atoms with Gasteiger partial charge in [0.15, 0.2) is 6.10 Å². The summed E-state index contributed by atoms with van der Waals surface area (Å²) in [5.74, 6) is -1.22. The van der Waals surface area contributed by atoms with Crippen LogP contribution in [0.3, 0.4) is 0 Å². The van der Waals surface area contributed by atoms with Gasteiger partial charge in [-0.05, 0) is 43.3 Å². The van der Waals surface area contributed by atoms with Crippen molar-refractivity contribution < 1.29 is 14.3 Å². The average molecular weight is 394 g/mol. The van der Waals surface area contributed by atoms with E-state index in [2.05, 4.69) is 15.3 Å². The number of imidazole rings is 1. The number of rotatable bonds is 4. The van der Waals surface area contributed by atoms with Crippen molar-refractivity contribution in [1.82, 2.24) is 9.97 Å². The Morgan fingerprint density at radius 1 is 1.04 bits per heavy atom. The number of ether oxygens (including phenoxy) is 1. The van der Waals surface area contributed by atoms with Crippen molar-refractivity contribution in [3.63, 3.8) is 0 Å². The van der Waals surface area contributed by atoms with Gasteiger partial charge in [0.2, 0.25) is 0 Å². The fourth-order valence-electron chi connectivity index (χ4n) is 2.26. The van der Waals surface area contributed by atoms with Crippen LogP contribution in [0.1, 0.15) is 17.3 Å². The standard InChI is InChI=1S/C17H13Cl2N3O4/c1-8(26-16(24)9-2-4-11(18)12(19)6-9)15(23)20-10-3-5-13-14(7-10)22-17(25)21-13/h2-8H,1H3,(H,20,23)(H2,21,22,25)/t8-/m1/s1. The second kappa shape index (κ2) is 7.23. The van der Waals surface area contributed by atoms with E-state index in [-0.39, 0.29) is 16.3 Å². The monoisotopic (exact) mass is 393 g/mol. The molecule has 0 aliphatic rings. The number of benzene rings is 2. The van der Waals surface area contributed by atoms with Crippen LogP contribution in [0.15, 0.2) is 41.2 Å². The molecule has 3 N–H and O–H groups in total. The maximum Gasteiger partial charge on any atom is 0.338 e. The van der Waals surface area contributed by atoms with Gasteiger partial charge in [0, 0.05) is 5.69 Å². The van der Waals surface area contributed by atoms with Crippen LogP contribution < -0.4 is 11.0 Å². The van der Waals surface area contributed by atoms with Gasteiger partial charge in [0.1, 0.15) is 0 Å². The van der Waals surface area contributed by atoms with E-state index < -0.39 is 18.0 Å². The SMILES string of the molecule is C[C@@H](OC(=O)c1ccc(Cl)c(Cl)c1)C(=O)Nc1ccc2[nH]c(=O)[nH]c2c1. The number of aromatic nitrogens is 2. The van der Waals surface area contributed by atoms with Gasteiger partial charge in [0.25, 0.3) is 5.91 Å². The molecule has 1 aromatic heterocycles. The fraction of sp³-hybridized carbons (Fsp3) is 0.118. The number of hydrogen-bond donors (Lipinski definition) is 3. The highest BCUT2D eigenvalue weighted by molar-refractivity contribution is 6.42. The summed E-state index contributed by atoms with van der Waals surface area (Å²) in [6.45, 7) is 1.45. The van der Waals surface area contributed by atoms with Crippen molar-refractivity contribution in [2.75, 3.05) is 5.32 Å². The first kappa shape index (κ1) is 18.0. The number of aromatic amines is 2. The van der Waals surface area contributed by atoms with Crippen molar-refractivity contribution in [2.24, 2.45) is 0 Å². The summed E-state index contributed by atoms with van der Waals surface area (Å²) in [6.07, 6.45) is -1.04. The second-order valence-electron chi connectivity index (χ2n) is 5.51. The molecule has 26 heavy (non-hydrogen) atoms. The third-order valence-corrected chi connectivity index (χ3v) is 4.33. The topological polar surface area (TPSA) is 104 Å². The lowest BCUT2D eigenvalue weighted by Gasteiger charge is -2.14. The molecule has 0 bridgehead atoms. The Labute approximate surface area is 157 Å². The Kier molecular flexibility index (Phi) is 5.01. The third kappa shape index (κ3) is 3.89. The molecule has 0 unspecified atom stereocenters. The zero-order valence-electron chi connectivity index (χ0n) is 13.4. The number of anilines is 1.